The first-order valence-corrected chi connectivity index (χ1v) is 10.1. The Bertz CT molecular complexity index is 1150. The van der Waals surface area contributed by atoms with Crippen LogP contribution in [0.25, 0.3) is 0 Å². The standard InChI is InChI=1S/C22H19N3O4S/c1-12-21(30-13(2)24-12)19(27)17-18(15-3-5-16(26)6-4-15)25(22(29)20(17)28)11-14-7-9-23-10-8-14/h3-10,18,26,28H,11H2,1-2H3. The molecule has 1 aromatic carbocycles. The van der Waals surface area contributed by atoms with Gasteiger partial charge in [-0.05, 0) is 49.2 Å². The highest BCUT2D eigenvalue weighted by Crippen LogP contribution is 2.41. The van der Waals surface area contributed by atoms with Crippen LogP contribution in [-0.2, 0) is 11.3 Å². The molecule has 0 radical (unpaired) electrons. The largest absolute Gasteiger partial charge is 0.508 e. The van der Waals surface area contributed by atoms with Gasteiger partial charge in [0.15, 0.2) is 5.76 Å². The van der Waals surface area contributed by atoms with Crippen molar-refractivity contribution in [3.05, 3.63) is 86.8 Å². The van der Waals surface area contributed by atoms with E-state index in [1.165, 1.54) is 28.4 Å². The molecule has 3 aromatic rings. The molecule has 0 aliphatic carbocycles. The fourth-order valence-corrected chi connectivity index (χ4v) is 4.48. The first-order valence-electron chi connectivity index (χ1n) is 9.27. The highest BCUT2D eigenvalue weighted by molar-refractivity contribution is 7.14. The second-order valence-electron chi connectivity index (χ2n) is 7.02. The van der Waals surface area contributed by atoms with Gasteiger partial charge in [-0.25, -0.2) is 4.98 Å². The van der Waals surface area contributed by atoms with Gasteiger partial charge in [-0.15, -0.1) is 11.3 Å². The van der Waals surface area contributed by atoms with Crippen molar-refractivity contribution in [3.63, 3.8) is 0 Å². The van der Waals surface area contributed by atoms with Gasteiger partial charge in [-0.3, -0.25) is 14.6 Å². The third-order valence-corrected chi connectivity index (χ3v) is 6.04. The molecule has 0 spiro atoms. The molecule has 0 bridgehead atoms. The van der Waals surface area contributed by atoms with Crippen LogP contribution >= 0.6 is 11.3 Å². The fraction of sp³-hybridized carbons (Fsp3) is 0.182. The predicted molar refractivity (Wildman–Crippen MR) is 111 cm³/mol. The fourth-order valence-electron chi connectivity index (χ4n) is 3.60. The van der Waals surface area contributed by atoms with Gasteiger partial charge < -0.3 is 15.1 Å². The van der Waals surface area contributed by atoms with Gasteiger partial charge >= 0.3 is 0 Å². The molecule has 2 aromatic heterocycles. The van der Waals surface area contributed by atoms with Crippen LogP contribution in [0.4, 0.5) is 0 Å². The summed E-state index contributed by atoms with van der Waals surface area (Å²) in [5, 5.41) is 21.1. The maximum Gasteiger partial charge on any atom is 0.290 e. The summed E-state index contributed by atoms with van der Waals surface area (Å²) >= 11 is 1.23. The lowest BCUT2D eigenvalue weighted by atomic mass is 9.95. The van der Waals surface area contributed by atoms with Gasteiger partial charge in [0.25, 0.3) is 5.91 Å². The number of aryl methyl sites for hydroxylation is 2. The van der Waals surface area contributed by atoms with E-state index >= 15 is 0 Å². The van der Waals surface area contributed by atoms with E-state index in [4.69, 9.17) is 0 Å². The zero-order valence-electron chi connectivity index (χ0n) is 16.4. The molecular formula is C22H19N3O4S. The van der Waals surface area contributed by atoms with Crippen molar-refractivity contribution in [2.24, 2.45) is 0 Å². The minimum atomic E-state index is -0.791. The Hall–Kier alpha value is -3.52. The van der Waals surface area contributed by atoms with E-state index in [0.717, 1.165) is 10.6 Å². The predicted octanol–water partition coefficient (Wildman–Crippen LogP) is 3.64. The number of aliphatic hydroxyl groups is 1. The van der Waals surface area contributed by atoms with Crippen LogP contribution in [0.2, 0.25) is 0 Å². The molecule has 1 atom stereocenters. The molecule has 0 fully saturated rings. The Morgan fingerprint density at radius 3 is 2.37 bits per heavy atom. The zero-order valence-corrected chi connectivity index (χ0v) is 17.2. The smallest absolute Gasteiger partial charge is 0.290 e. The second-order valence-corrected chi connectivity index (χ2v) is 8.22. The highest BCUT2D eigenvalue weighted by Gasteiger charge is 2.44. The first kappa shape index (κ1) is 19.8. The molecule has 1 amide bonds. The molecule has 2 N–H and O–H groups in total. The van der Waals surface area contributed by atoms with Crippen molar-refractivity contribution in [3.8, 4) is 5.75 Å². The number of nitrogens with zero attached hydrogens (tertiary/aromatic N) is 3. The molecule has 1 aliphatic rings. The van der Waals surface area contributed by atoms with E-state index in [9.17, 15) is 19.8 Å². The van der Waals surface area contributed by atoms with Gasteiger partial charge in [-0.2, -0.15) is 0 Å². The molecule has 7 nitrogen and oxygen atoms in total. The summed E-state index contributed by atoms with van der Waals surface area (Å²) in [7, 11) is 0. The average molecular weight is 421 g/mol. The molecular weight excluding hydrogens is 402 g/mol. The van der Waals surface area contributed by atoms with Crippen molar-refractivity contribution < 1.29 is 19.8 Å². The Labute approximate surface area is 177 Å². The van der Waals surface area contributed by atoms with E-state index in [1.807, 2.05) is 0 Å². The topological polar surface area (TPSA) is 104 Å². The minimum absolute atomic E-state index is 0.0199. The number of carbonyl (C=O) groups excluding carboxylic acids is 2. The summed E-state index contributed by atoms with van der Waals surface area (Å²) in [5.41, 5.74) is 2.01. The Kier molecular flexibility index (Phi) is 5.09. The number of carbonyl (C=O) groups is 2. The number of hydrogen-bond donors (Lipinski definition) is 2. The first-order chi connectivity index (χ1) is 14.4. The molecule has 30 heavy (non-hydrogen) atoms. The summed E-state index contributed by atoms with van der Waals surface area (Å²) in [5.74, 6) is -1.53. The zero-order chi connectivity index (χ0) is 21.4. The molecule has 1 unspecified atom stereocenters. The molecule has 152 valence electrons. The number of pyridine rings is 1. The number of phenols is 1. The molecule has 0 saturated carbocycles. The van der Waals surface area contributed by atoms with Gasteiger partial charge in [0.2, 0.25) is 5.78 Å². The van der Waals surface area contributed by atoms with Crippen molar-refractivity contribution in [1.82, 2.24) is 14.9 Å². The number of ketones is 1. The number of amides is 1. The third-order valence-electron chi connectivity index (χ3n) is 4.97. The van der Waals surface area contributed by atoms with Crippen LogP contribution in [0.1, 0.15) is 37.5 Å². The number of hydrogen-bond acceptors (Lipinski definition) is 7. The number of benzene rings is 1. The summed E-state index contributed by atoms with van der Waals surface area (Å²) in [4.78, 5) is 36.5. The van der Waals surface area contributed by atoms with Crippen molar-refractivity contribution in [2.45, 2.75) is 26.4 Å². The van der Waals surface area contributed by atoms with E-state index < -0.39 is 23.5 Å². The number of aromatic hydroxyl groups is 1. The maximum atomic E-state index is 13.4. The number of phenolic OH excluding ortho intramolecular Hbond substituents is 1. The van der Waals surface area contributed by atoms with Crippen LogP contribution in [0.15, 0.2) is 60.1 Å². The van der Waals surface area contributed by atoms with Crippen molar-refractivity contribution in [1.29, 1.82) is 0 Å². The number of thiazole rings is 1. The van der Waals surface area contributed by atoms with Gasteiger partial charge in [-0.1, -0.05) is 12.1 Å². The van der Waals surface area contributed by atoms with Crippen LogP contribution in [0.3, 0.4) is 0 Å². The summed E-state index contributed by atoms with van der Waals surface area (Å²) in [6.07, 6.45) is 3.24. The highest BCUT2D eigenvalue weighted by atomic mass is 32.1. The third kappa shape index (κ3) is 3.46. The number of aromatic nitrogens is 2. The second kappa shape index (κ2) is 7.72. The summed E-state index contributed by atoms with van der Waals surface area (Å²) in [6, 6.07) is 9.02. The van der Waals surface area contributed by atoms with E-state index in [0.29, 0.717) is 16.1 Å². The Morgan fingerprint density at radius 2 is 1.77 bits per heavy atom. The summed E-state index contributed by atoms with van der Waals surface area (Å²) < 4.78 is 0. The van der Waals surface area contributed by atoms with Crippen LogP contribution in [-0.4, -0.2) is 36.8 Å². The van der Waals surface area contributed by atoms with E-state index in [-0.39, 0.29) is 17.9 Å². The van der Waals surface area contributed by atoms with Crippen LogP contribution in [0, 0.1) is 13.8 Å². The van der Waals surface area contributed by atoms with Crippen LogP contribution in [0.5, 0.6) is 5.75 Å². The molecule has 8 heteroatoms. The van der Waals surface area contributed by atoms with Crippen molar-refractivity contribution in [2.75, 3.05) is 0 Å². The van der Waals surface area contributed by atoms with Crippen molar-refractivity contribution >= 4 is 23.0 Å². The average Bonchev–Trinajstić information content (AvgIpc) is 3.20. The number of aliphatic hydroxyl groups excluding tert-OH is 1. The number of Topliss-reactive ketones (excluding diaryl/α,β-unsaturated/α-hetero) is 1. The number of rotatable bonds is 5. The van der Waals surface area contributed by atoms with Gasteiger partial charge in [0.1, 0.15) is 5.75 Å². The lowest BCUT2D eigenvalue weighted by Crippen LogP contribution is -2.30. The summed E-state index contributed by atoms with van der Waals surface area (Å²) in [6.45, 7) is 3.72. The van der Waals surface area contributed by atoms with Gasteiger partial charge in [0, 0.05) is 18.9 Å². The Morgan fingerprint density at radius 1 is 1.10 bits per heavy atom. The SMILES string of the molecule is Cc1nc(C)c(C(=O)C2=C(O)C(=O)N(Cc3ccncc3)C2c2ccc(O)cc2)s1. The van der Waals surface area contributed by atoms with E-state index in [2.05, 4.69) is 9.97 Å². The van der Waals surface area contributed by atoms with Crippen LogP contribution < -0.4 is 0 Å². The Balaban J connectivity index is 1.81. The molecule has 4 rings (SSSR count). The molecule has 0 saturated heterocycles. The quantitative estimate of drug-likeness (QED) is 0.610. The van der Waals surface area contributed by atoms with E-state index in [1.54, 1.807) is 50.5 Å². The normalized spacial score (nSPS) is 16.4. The van der Waals surface area contributed by atoms with Gasteiger partial charge in [0.05, 0.1) is 27.2 Å². The lowest BCUT2D eigenvalue weighted by Gasteiger charge is -2.27. The molecule has 1 aliphatic heterocycles. The molecule has 3 heterocycles. The maximum absolute atomic E-state index is 13.4. The lowest BCUT2D eigenvalue weighted by molar-refractivity contribution is -0.130. The monoisotopic (exact) mass is 421 g/mol. The minimum Gasteiger partial charge on any atom is -0.508 e.